The van der Waals surface area contributed by atoms with Crippen LogP contribution in [0.5, 0.6) is 0 Å². The van der Waals surface area contributed by atoms with Crippen LogP contribution in [-0.2, 0) is 0 Å². The Labute approximate surface area is 157 Å². The van der Waals surface area contributed by atoms with Gasteiger partial charge in [0.25, 0.3) is 0 Å². The van der Waals surface area contributed by atoms with Gasteiger partial charge in [-0.05, 0) is 78.0 Å². The number of hydrogen-bond donors (Lipinski definition) is 0. The van der Waals surface area contributed by atoms with Crippen molar-refractivity contribution in [3.05, 3.63) is 87.1 Å². The zero-order valence-electron chi connectivity index (χ0n) is 16.2. The molecule has 5 rings (SSSR count). The topological polar surface area (TPSA) is 0 Å². The van der Waals surface area contributed by atoms with Crippen molar-refractivity contribution in [2.24, 2.45) is 5.41 Å². The maximum absolute atomic E-state index is 2.56. The fourth-order valence-corrected chi connectivity index (χ4v) is 5.76. The van der Waals surface area contributed by atoms with Crippen LogP contribution in [0, 0.1) is 5.41 Å². The van der Waals surface area contributed by atoms with E-state index in [4.69, 9.17) is 0 Å². The third-order valence-corrected chi connectivity index (χ3v) is 6.97. The fraction of sp³-hybridized carbons (Fsp3) is 0.385. The van der Waals surface area contributed by atoms with Crippen LogP contribution in [0.2, 0.25) is 0 Å². The van der Waals surface area contributed by atoms with Crippen molar-refractivity contribution < 1.29 is 0 Å². The third kappa shape index (κ3) is 2.28. The first-order valence-electron chi connectivity index (χ1n) is 10.2. The van der Waals surface area contributed by atoms with Gasteiger partial charge in [-0.25, -0.2) is 0 Å². The average Bonchev–Trinajstić information content (AvgIpc) is 3.20. The maximum Gasteiger partial charge on any atom is 0.0119 e. The SMILES string of the molecule is CC1=C(C(C)(C)C2C=Cc3ccccc32)C2=CC3=C(CCCC3)CC2=C1. The smallest absolute Gasteiger partial charge is 0.0119 e. The summed E-state index contributed by atoms with van der Waals surface area (Å²) in [5, 5.41) is 0. The van der Waals surface area contributed by atoms with Crippen molar-refractivity contribution in [1.82, 2.24) is 0 Å². The fourth-order valence-electron chi connectivity index (χ4n) is 5.76. The molecule has 0 amide bonds. The van der Waals surface area contributed by atoms with Crippen LogP contribution in [0.1, 0.15) is 69.9 Å². The van der Waals surface area contributed by atoms with E-state index in [0.29, 0.717) is 5.92 Å². The van der Waals surface area contributed by atoms with E-state index < -0.39 is 0 Å². The van der Waals surface area contributed by atoms with Crippen LogP contribution in [0.3, 0.4) is 0 Å². The molecule has 0 fully saturated rings. The molecule has 0 bridgehead atoms. The van der Waals surface area contributed by atoms with Gasteiger partial charge >= 0.3 is 0 Å². The molecule has 1 unspecified atom stereocenters. The second kappa shape index (κ2) is 5.71. The highest BCUT2D eigenvalue weighted by molar-refractivity contribution is 5.69. The number of rotatable bonds is 2. The third-order valence-electron chi connectivity index (χ3n) is 6.97. The lowest BCUT2D eigenvalue weighted by atomic mass is 9.66. The average molecular weight is 341 g/mol. The summed E-state index contributed by atoms with van der Waals surface area (Å²) in [5.74, 6) is 0.457. The Balaban J connectivity index is 1.58. The van der Waals surface area contributed by atoms with Crippen LogP contribution in [0.4, 0.5) is 0 Å². The monoisotopic (exact) mass is 340 g/mol. The maximum atomic E-state index is 2.56. The molecule has 0 nitrogen and oxygen atoms in total. The summed E-state index contributed by atoms with van der Waals surface area (Å²) in [7, 11) is 0. The summed E-state index contributed by atoms with van der Waals surface area (Å²) in [4.78, 5) is 0. The van der Waals surface area contributed by atoms with Gasteiger partial charge in [-0.2, -0.15) is 0 Å². The first-order chi connectivity index (χ1) is 12.6. The van der Waals surface area contributed by atoms with E-state index in [1.165, 1.54) is 48.8 Å². The van der Waals surface area contributed by atoms with Crippen molar-refractivity contribution in [3.8, 4) is 0 Å². The molecule has 0 saturated heterocycles. The Bertz CT molecular complexity index is 940. The van der Waals surface area contributed by atoms with Crippen LogP contribution in [-0.4, -0.2) is 0 Å². The molecule has 0 aliphatic heterocycles. The van der Waals surface area contributed by atoms with E-state index in [9.17, 15) is 0 Å². The molecule has 132 valence electrons. The van der Waals surface area contributed by atoms with Gasteiger partial charge in [-0.15, -0.1) is 0 Å². The predicted molar refractivity (Wildman–Crippen MR) is 111 cm³/mol. The van der Waals surface area contributed by atoms with Gasteiger partial charge in [0.1, 0.15) is 0 Å². The molecule has 0 heterocycles. The number of fused-ring (bicyclic) bond motifs is 2. The van der Waals surface area contributed by atoms with Gasteiger partial charge in [-0.1, -0.05) is 68.0 Å². The minimum atomic E-state index is 0.101. The van der Waals surface area contributed by atoms with E-state index >= 15 is 0 Å². The van der Waals surface area contributed by atoms with Gasteiger partial charge in [0.15, 0.2) is 0 Å². The molecular weight excluding hydrogens is 312 g/mol. The molecule has 0 heteroatoms. The summed E-state index contributed by atoms with van der Waals surface area (Å²) in [6.07, 6.45) is 16.3. The summed E-state index contributed by atoms with van der Waals surface area (Å²) in [5.41, 5.74) is 12.5. The van der Waals surface area contributed by atoms with Crippen LogP contribution < -0.4 is 0 Å². The summed E-state index contributed by atoms with van der Waals surface area (Å²) < 4.78 is 0. The van der Waals surface area contributed by atoms with Gasteiger partial charge < -0.3 is 0 Å². The Hall–Kier alpha value is -2.08. The zero-order valence-corrected chi connectivity index (χ0v) is 16.2. The highest BCUT2D eigenvalue weighted by atomic mass is 14.4. The highest BCUT2D eigenvalue weighted by Gasteiger charge is 2.41. The molecule has 4 aliphatic carbocycles. The molecule has 4 aliphatic rings. The first-order valence-corrected chi connectivity index (χ1v) is 10.2. The van der Waals surface area contributed by atoms with Crippen molar-refractivity contribution in [1.29, 1.82) is 0 Å². The molecule has 0 saturated carbocycles. The van der Waals surface area contributed by atoms with Crippen molar-refractivity contribution in [2.45, 2.75) is 58.8 Å². The molecule has 1 aromatic rings. The van der Waals surface area contributed by atoms with E-state index in [1.54, 1.807) is 27.9 Å². The summed E-state index contributed by atoms with van der Waals surface area (Å²) >= 11 is 0. The normalized spacial score (nSPS) is 24.3. The Morgan fingerprint density at radius 1 is 1.00 bits per heavy atom. The number of allylic oxidation sites excluding steroid dienone is 9. The predicted octanol–water partition coefficient (Wildman–Crippen LogP) is 7.28. The minimum Gasteiger partial charge on any atom is -0.0755 e. The van der Waals surface area contributed by atoms with Crippen molar-refractivity contribution >= 4 is 6.08 Å². The zero-order chi connectivity index (χ0) is 17.9. The van der Waals surface area contributed by atoms with E-state index in [2.05, 4.69) is 69.3 Å². The van der Waals surface area contributed by atoms with Gasteiger partial charge in [0.2, 0.25) is 0 Å². The molecule has 0 N–H and O–H groups in total. The lowest BCUT2D eigenvalue weighted by Gasteiger charge is -2.37. The van der Waals surface area contributed by atoms with Crippen molar-refractivity contribution in [3.63, 3.8) is 0 Å². The quantitative estimate of drug-likeness (QED) is 0.530. The number of benzene rings is 1. The second-order valence-electron chi connectivity index (χ2n) is 8.99. The summed E-state index contributed by atoms with van der Waals surface area (Å²) in [6.45, 7) is 7.23. The number of hydrogen-bond acceptors (Lipinski definition) is 0. The van der Waals surface area contributed by atoms with E-state index in [-0.39, 0.29) is 5.41 Å². The molecule has 1 aromatic carbocycles. The molecular formula is C26H28. The van der Waals surface area contributed by atoms with Gasteiger partial charge in [0.05, 0.1) is 0 Å². The molecule has 0 radical (unpaired) electrons. The molecule has 1 atom stereocenters. The van der Waals surface area contributed by atoms with E-state index in [0.717, 1.165) is 0 Å². The lowest BCUT2D eigenvalue weighted by molar-refractivity contribution is 0.404. The van der Waals surface area contributed by atoms with Crippen LogP contribution in [0.25, 0.3) is 6.08 Å². The van der Waals surface area contributed by atoms with Gasteiger partial charge in [-0.3, -0.25) is 0 Å². The Morgan fingerprint density at radius 3 is 2.69 bits per heavy atom. The molecule has 0 spiro atoms. The largest absolute Gasteiger partial charge is 0.0755 e. The lowest BCUT2D eigenvalue weighted by Crippen LogP contribution is -2.24. The Kier molecular flexibility index (Phi) is 3.54. The van der Waals surface area contributed by atoms with Crippen LogP contribution >= 0.6 is 0 Å². The first kappa shape index (κ1) is 16.1. The standard InChI is InChI=1S/C26H28/c1-17-14-21-15-19-9-4-5-10-20(19)16-23(21)25(17)26(2,3)24-13-12-18-8-6-7-11-22(18)24/h6-8,11-14,16,24H,4-5,9-10,15H2,1-3H3. The van der Waals surface area contributed by atoms with E-state index in [1.807, 2.05) is 0 Å². The van der Waals surface area contributed by atoms with Gasteiger partial charge in [0, 0.05) is 11.3 Å². The summed E-state index contributed by atoms with van der Waals surface area (Å²) in [6, 6.07) is 8.91. The second-order valence-corrected chi connectivity index (χ2v) is 8.99. The highest BCUT2D eigenvalue weighted by Crippen LogP contribution is 2.55. The van der Waals surface area contributed by atoms with Crippen LogP contribution in [0.15, 0.2) is 75.9 Å². The minimum absolute atomic E-state index is 0.101. The van der Waals surface area contributed by atoms with Crippen molar-refractivity contribution in [2.75, 3.05) is 0 Å². The molecule has 26 heavy (non-hydrogen) atoms. The Morgan fingerprint density at radius 2 is 1.81 bits per heavy atom. The molecule has 0 aromatic heterocycles.